The lowest BCUT2D eigenvalue weighted by Crippen LogP contribution is -2.71. The van der Waals surface area contributed by atoms with Gasteiger partial charge in [-0.1, -0.05) is 13.8 Å². The van der Waals surface area contributed by atoms with Crippen molar-refractivity contribution in [2.75, 3.05) is 19.6 Å². The Kier molecular flexibility index (Phi) is 2.36. The zero-order valence-corrected chi connectivity index (χ0v) is 10.6. The summed E-state index contributed by atoms with van der Waals surface area (Å²) in [6.07, 6.45) is 6.16. The average molecular weight is 224 g/mol. The van der Waals surface area contributed by atoms with Gasteiger partial charge in [0.2, 0.25) is 0 Å². The monoisotopic (exact) mass is 224 g/mol. The Morgan fingerprint density at radius 3 is 2.50 bits per heavy atom. The molecule has 3 heteroatoms. The average Bonchev–Trinajstić information content (AvgIpc) is 2.13. The van der Waals surface area contributed by atoms with E-state index in [0.717, 1.165) is 19.6 Å². The third-order valence-corrected chi connectivity index (χ3v) is 4.53. The van der Waals surface area contributed by atoms with Crippen LogP contribution in [0.15, 0.2) is 0 Å². The van der Waals surface area contributed by atoms with Gasteiger partial charge >= 0.3 is 0 Å². The van der Waals surface area contributed by atoms with Crippen molar-refractivity contribution < 1.29 is 4.74 Å². The largest absolute Gasteiger partial charge is 0.351 e. The van der Waals surface area contributed by atoms with Crippen LogP contribution in [0, 0.1) is 5.41 Å². The van der Waals surface area contributed by atoms with Crippen LogP contribution < -0.4 is 10.6 Å². The number of nitrogens with one attached hydrogen (secondary N) is 2. The standard InChI is InChI=1S/C13H24N2O/c1-11(2)4-3-5-13(8-11)15-7-6-12(16-13)9-14-10-12/h14-15H,3-10H2,1-2H3. The summed E-state index contributed by atoms with van der Waals surface area (Å²) in [6, 6.07) is 0. The Labute approximate surface area is 98.3 Å². The molecule has 1 aliphatic carbocycles. The molecule has 3 rings (SSSR count). The van der Waals surface area contributed by atoms with E-state index in [4.69, 9.17) is 4.74 Å². The van der Waals surface area contributed by atoms with Crippen LogP contribution in [0.2, 0.25) is 0 Å². The Balaban J connectivity index is 1.76. The summed E-state index contributed by atoms with van der Waals surface area (Å²) < 4.78 is 6.50. The minimum atomic E-state index is -0.0118. The van der Waals surface area contributed by atoms with Crippen LogP contribution in [0.4, 0.5) is 0 Å². The fourth-order valence-electron chi connectivity index (χ4n) is 3.71. The Morgan fingerprint density at radius 1 is 1.06 bits per heavy atom. The molecule has 1 saturated carbocycles. The molecule has 0 aromatic heterocycles. The topological polar surface area (TPSA) is 33.3 Å². The highest BCUT2D eigenvalue weighted by atomic mass is 16.5. The molecular weight excluding hydrogens is 200 g/mol. The minimum absolute atomic E-state index is 0.0118. The van der Waals surface area contributed by atoms with Gasteiger partial charge in [0, 0.05) is 19.6 Å². The third kappa shape index (κ3) is 1.79. The molecule has 3 aliphatic rings. The second kappa shape index (κ2) is 3.44. The van der Waals surface area contributed by atoms with Gasteiger partial charge in [0.05, 0.1) is 5.60 Å². The van der Waals surface area contributed by atoms with E-state index in [1.165, 1.54) is 32.1 Å². The lowest BCUT2D eigenvalue weighted by Gasteiger charge is -2.56. The number of hydrogen-bond acceptors (Lipinski definition) is 3. The Bertz CT molecular complexity index is 282. The molecule has 0 bridgehead atoms. The first-order valence-electron chi connectivity index (χ1n) is 6.69. The zero-order chi connectivity index (χ0) is 11.3. The maximum absolute atomic E-state index is 6.50. The summed E-state index contributed by atoms with van der Waals surface area (Å²) in [6.45, 7) is 7.98. The number of hydrogen-bond donors (Lipinski definition) is 2. The van der Waals surface area contributed by atoms with Crippen molar-refractivity contribution in [1.29, 1.82) is 0 Å². The molecule has 2 aliphatic heterocycles. The molecule has 0 amide bonds. The minimum Gasteiger partial charge on any atom is -0.351 e. The van der Waals surface area contributed by atoms with Gasteiger partial charge in [-0.3, -0.25) is 5.32 Å². The highest BCUT2D eigenvalue weighted by molar-refractivity contribution is 5.03. The van der Waals surface area contributed by atoms with Crippen LogP contribution in [0.1, 0.15) is 46.0 Å². The molecular formula is C13H24N2O. The van der Waals surface area contributed by atoms with Gasteiger partial charge in [0.15, 0.2) is 0 Å². The number of ether oxygens (including phenoxy) is 1. The van der Waals surface area contributed by atoms with Crippen molar-refractivity contribution in [2.24, 2.45) is 5.41 Å². The molecule has 2 saturated heterocycles. The van der Waals surface area contributed by atoms with Gasteiger partial charge in [0.25, 0.3) is 0 Å². The highest BCUT2D eigenvalue weighted by Gasteiger charge is 2.51. The van der Waals surface area contributed by atoms with Crippen LogP contribution in [-0.4, -0.2) is 31.0 Å². The third-order valence-electron chi connectivity index (χ3n) is 4.53. The van der Waals surface area contributed by atoms with Crippen LogP contribution in [0.3, 0.4) is 0 Å². The molecule has 16 heavy (non-hydrogen) atoms. The summed E-state index contributed by atoms with van der Waals surface area (Å²) in [5, 5.41) is 7.03. The molecule has 3 fully saturated rings. The van der Waals surface area contributed by atoms with E-state index in [0.29, 0.717) is 5.41 Å². The number of rotatable bonds is 0. The first-order chi connectivity index (χ1) is 7.54. The molecule has 2 N–H and O–H groups in total. The van der Waals surface area contributed by atoms with Crippen LogP contribution in [-0.2, 0) is 4.74 Å². The van der Waals surface area contributed by atoms with Gasteiger partial charge in [0.1, 0.15) is 5.72 Å². The smallest absolute Gasteiger partial charge is 0.120 e. The molecule has 3 nitrogen and oxygen atoms in total. The highest BCUT2D eigenvalue weighted by Crippen LogP contribution is 2.45. The summed E-state index contributed by atoms with van der Waals surface area (Å²) >= 11 is 0. The normalized spacial score (nSPS) is 40.9. The van der Waals surface area contributed by atoms with Crippen molar-refractivity contribution in [1.82, 2.24) is 10.6 Å². The lowest BCUT2D eigenvalue weighted by atomic mass is 9.72. The van der Waals surface area contributed by atoms with Crippen molar-refractivity contribution >= 4 is 0 Å². The predicted octanol–water partition coefficient (Wildman–Crippen LogP) is 1.63. The quantitative estimate of drug-likeness (QED) is 0.656. The fraction of sp³-hybridized carbons (Fsp3) is 1.00. The predicted molar refractivity (Wildman–Crippen MR) is 64.3 cm³/mol. The second-order valence-electron chi connectivity index (χ2n) is 6.75. The van der Waals surface area contributed by atoms with E-state index < -0.39 is 0 Å². The molecule has 0 radical (unpaired) electrons. The van der Waals surface area contributed by atoms with E-state index in [2.05, 4.69) is 24.5 Å². The summed E-state index contributed by atoms with van der Waals surface area (Å²) in [5.41, 5.74) is 0.585. The van der Waals surface area contributed by atoms with E-state index in [1.54, 1.807) is 0 Å². The first kappa shape index (κ1) is 11.0. The zero-order valence-electron chi connectivity index (χ0n) is 10.6. The molecule has 0 aromatic carbocycles. The lowest BCUT2D eigenvalue weighted by molar-refractivity contribution is -0.240. The molecule has 92 valence electrons. The van der Waals surface area contributed by atoms with E-state index in [1.807, 2.05) is 0 Å². The van der Waals surface area contributed by atoms with E-state index in [-0.39, 0.29) is 11.3 Å². The van der Waals surface area contributed by atoms with E-state index in [9.17, 15) is 0 Å². The molecule has 2 spiro atoms. The maximum atomic E-state index is 6.50. The Morgan fingerprint density at radius 2 is 1.88 bits per heavy atom. The van der Waals surface area contributed by atoms with Crippen molar-refractivity contribution in [3.8, 4) is 0 Å². The van der Waals surface area contributed by atoms with Crippen LogP contribution >= 0.6 is 0 Å². The first-order valence-corrected chi connectivity index (χ1v) is 6.69. The second-order valence-corrected chi connectivity index (χ2v) is 6.75. The van der Waals surface area contributed by atoms with Crippen molar-refractivity contribution in [3.05, 3.63) is 0 Å². The Hall–Kier alpha value is -0.120. The molecule has 2 heterocycles. The van der Waals surface area contributed by atoms with E-state index >= 15 is 0 Å². The van der Waals surface area contributed by atoms with Gasteiger partial charge in [-0.05, 0) is 37.5 Å². The van der Waals surface area contributed by atoms with Gasteiger partial charge in [-0.25, -0.2) is 0 Å². The summed E-state index contributed by atoms with van der Waals surface area (Å²) in [4.78, 5) is 0. The van der Waals surface area contributed by atoms with Gasteiger partial charge in [-0.15, -0.1) is 0 Å². The maximum Gasteiger partial charge on any atom is 0.120 e. The van der Waals surface area contributed by atoms with Crippen molar-refractivity contribution in [3.63, 3.8) is 0 Å². The van der Waals surface area contributed by atoms with Crippen molar-refractivity contribution in [2.45, 2.75) is 57.3 Å². The summed E-state index contributed by atoms with van der Waals surface area (Å²) in [7, 11) is 0. The SMILES string of the molecule is CC1(C)CCCC2(C1)NCCC1(CNC1)O2. The summed E-state index contributed by atoms with van der Waals surface area (Å²) in [5.74, 6) is 0. The fourth-order valence-corrected chi connectivity index (χ4v) is 3.71. The van der Waals surface area contributed by atoms with Gasteiger partial charge < -0.3 is 10.1 Å². The molecule has 1 atom stereocenters. The van der Waals surface area contributed by atoms with Crippen LogP contribution in [0.5, 0.6) is 0 Å². The van der Waals surface area contributed by atoms with Crippen LogP contribution in [0.25, 0.3) is 0 Å². The molecule has 1 unspecified atom stereocenters. The van der Waals surface area contributed by atoms with Gasteiger partial charge in [-0.2, -0.15) is 0 Å². The molecule has 0 aromatic rings.